The molecule has 2 aliphatic rings. The molecule has 2 aromatic carbocycles. The van der Waals surface area contributed by atoms with Gasteiger partial charge < -0.3 is 9.88 Å². The zero-order chi connectivity index (χ0) is 19.5. The van der Waals surface area contributed by atoms with E-state index in [4.69, 9.17) is 0 Å². The van der Waals surface area contributed by atoms with Crippen LogP contribution in [0.15, 0.2) is 54.6 Å². The summed E-state index contributed by atoms with van der Waals surface area (Å²) in [4.78, 5) is 2.58. The van der Waals surface area contributed by atoms with E-state index in [1.807, 2.05) is 0 Å². The van der Waals surface area contributed by atoms with Gasteiger partial charge in [-0.1, -0.05) is 54.6 Å². The van der Waals surface area contributed by atoms with Gasteiger partial charge in [-0.3, -0.25) is 4.90 Å². The molecule has 0 amide bonds. The lowest BCUT2D eigenvalue weighted by Crippen LogP contribution is -2.33. The van der Waals surface area contributed by atoms with E-state index in [-0.39, 0.29) is 0 Å². The third kappa shape index (κ3) is 4.11. The summed E-state index contributed by atoms with van der Waals surface area (Å²) in [6.07, 6.45) is 3.34. The normalized spacial score (nSPS) is 18.3. The van der Waals surface area contributed by atoms with Gasteiger partial charge in [0.1, 0.15) is 11.6 Å². The molecule has 0 unspecified atom stereocenters. The molecule has 3 heterocycles. The first-order valence-electron chi connectivity index (χ1n) is 10.9. The average Bonchev–Trinajstić information content (AvgIpc) is 3.03. The molecule has 0 saturated carbocycles. The highest BCUT2D eigenvalue weighted by Crippen LogP contribution is 2.28. The fourth-order valence-electron chi connectivity index (χ4n) is 4.64. The van der Waals surface area contributed by atoms with Crippen molar-refractivity contribution in [1.29, 1.82) is 0 Å². The van der Waals surface area contributed by atoms with Crippen LogP contribution in [0, 0.1) is 0 Å². The summed E-state index contributed by atoms with van der Waals surface area (Å²) < 4.78 is 2.38. The number of piperidine rings is 1. The molecular weight excluding hydrogens is 358 g/mol. The van der Waals surface area contributed by atoms with Gasteiger partial charge in [-0.15, -0.1) is 10.2 Å². The number of hydrogen-bond acceptors (Lipinski definition) is 4. The van der Waals surface area contributed by atoms with Crippen LogP contribution in [-0.2, 0) is 19.5 Å². The van der Waals surface area contributed by atoms with Gasteiger partial charge in [0.05, 0.1) is 0 Å². The van der Waals surface area contributed by atoms with E-state index in [1.165, 1.54) is 35.4 Å². The second-order valence-corrected chi connectivity index (χ2v) is 8.24. The Labute approximate surface area is 172 Å². The quantitative estimate of drug-likeness (QED) is 0.745. The zero-order valence-corrected chi connectivity index (χ0v) is 16.9. The zero-order valence-electron chi connectivity index (χ0n) is 16.9. The summed E-state index contributed by atoms with van der Waals surface area (Å²) in [5.41, 5.74) is 3.96. The van der Waals surface area contributed by atoms with E-state index in [2.05, 4.69) is 79.6 Å². The number of benzene rings is 2. The molecule has 0 aliphatic carbocycles. The van der Waals surface area contributed by atoms with Gasteiger partial charge in [0.15, 0.2) is 0 Å². The van der Waals surface area contributed by atoms with E-state index in [0.717, 1.165) is 51.5 Å². The van der Waals surface area contributed by atoms with Crippen molar-refractivity contribution in [2.75, 3.05) is 26.2 Å². The van der Waals surface area contributed by atoms with Gasteiger partial charge in [0.25, 0.3) is 0 Å². The number of nitrogens with one attached hydrogen (secondary N) is 1. The van der Waals surface area contributed by atoms with Gasteiger partial charge in [0, 0.05) is 38.5 Å². The lowest BCUT2D eigenvalue weighted by molar-refractivity contribution is 0.200. The van der Waals surface area contributed by atoms with Gasteiger partial charge in [-0.05, 0) is 42.6 Å². The van der Waals surface area contributed by atoms with Crippen molar-refractivity contribution >= 4 is 0 Å². The van der Waals surface area contributed by atoms with Crippen LogP contribution in [0.1, 0.15) is 36.0 Å². The SMILES string of the molecule is c1ccc(-c2ccc(CN3CCC(c4nnc5n4CCNCC5)CC3)cc2)cc1. The van der Waals surface area contributed by atoms with Crippen LogP contribution in [-0.4, -0.2) is 45.8 Å². The van der Waals surface area contributed by atoms with Crippen molar-refractivity contribution in [3.8, 4) is 11.1 Å². The average molecular weight is 388 g/mol. The summed E-state index contributed by atoms with van der Waals surface area (Å²) >= 11 is 0. The number of likely N-dealkylation sites (tertiary alicyclic amines) is 1. The number of aromatic nitrogens is 3. The standard InChI is InChI=1S/C24H29N5/c1-2-4-20(5-3-1)21-8-6-19(7-9-21)18-28-15-11-22(12-16-28)24-27-26-23-10-13-25-14-17-29(23)24/h1-9,22,25H,10-18H2. The van der Waals surface area contributed by atoms with Crippen molar-refractivity contribution < 1.29 is 0 Å². The third-order valence-corrected chi connectivity index (χ3v) is 6.31. The van der Waals surface area contributed by atoms with Gasteiger partial charge in [-0.2, -0.15) is 0 Å². The number of rotatable bonds is 4. The molecule has 0 bridgehead atoms. The minimum Gasteiger partial charge on any atom is -0.315 e. The Morgan fingerprint density at radius 1 is 0.828 bits per heavy atom. The van der Waals surface area contributed by atoms with Crippen LogP contribution in [0.25, 0.3) is 11.1 Å². The van der Waals surface area contributed by atoms with Crippen molar-refractivity contribution in [3.05, 3.63) is 71.8 Å². The van der Waals surface area contributed by atoms with E-state index in [1.54, 1.807) is 0 Å². The molecule has 5 nitrogen and oxygen atoms in total. The number of nitrogens with zero attached hydrogens (tertiary/aromatic N) is 4. The monoisotopic (exact) mass is 387 g/mol. The van der Waals surface area contributed by atoms with Gasteiger partial charge in [-0.25, -0.2) is 0 Å². The van der Waals surface area contributed by atoms with Crippen LogP contribution in [0.4, 0.5) is 0 Å². The maximum absolute atomic E-state index is 4.58. The van der Waals surface area contributed by atoms with Crippen LogP contribution >= 0.6 is 0 Å². The Balaban J connectivity index is 1.19. The summed E-state index contributed by atoms with van der Waals surface area (Å²) in [6, 6.07) is 19.6. The molecule has 5 rings (SSSR count). The topological polar surface area (TPSA) is 46.0 Å². The van der Waals surface area contributed by atoms with Crippen LogP contribution in [0.2, 0.25) is 0 Å². The first-order chi connectivity index (χ1) is 14.4. The molecule has 1 N–H and O–H groups in total. The molecule has 3 aromatic rings. The van der Waals surface area contributed by atoms with Crippen molar-refractivity contribution in [2.24, 2.45) is 0 Å². The van der Waals surface area contributed by atoms with Crippen LogP contribution in [0.5, 0.6) is 0 Å². The lowest BCUT2D eigenvalue weighted by Gasteiger charge is -2.31. The largest absolute Gasteiger partial charge is 0.315 e. The van der Waals surface area contributed by atoms with E-state index in [0.29, 0.717) is 5.92 Å². The predicted molar refractivity (Wildman–Crippen MR) is 116 cm³/mol. The molecule has 0 radical (unpaired) electrons. The van der Waals surface area contributed by atoms with E-state index < -0.39 is 0 Å². The van der Waals surface area contributed by atoms with Gasteiger partial charge >= 0.3 is 0 Å². The van der Waals surface area contributed by atoms with E-state index in [9.17, 15) is 0 Å². The highest BCUT2D eigenvalue weighted by atomic mass is 15.3. The molecule has 5 heteroatoms. The summed E-state index contributed by atoms with van der Waals surface area (Å²) in [5, 5.41) is 12.5. The highest BCUT2D eigenvalue weighted by Gasteiger charge is 2.26. The third-order valence-electron chi connectivity index (χ3n) is 6.31. The lowest BCUT2D eigenvalue weighted by atomic mass is 9.95. The second-order valence-electron chi connectivity index (χ2n) is 8.24. The maximum atomic E-state index is 4.58. The summed E-state index contributed by atoms with van der Waals surface area (Å²) in [5.74, 6) is 2.92. The minimum absolute atomic E-state index is 0.547. The first kappa shape index (κ1) is 18.5. The van der Waals surface area contributed by atoms with Crippen molar-refractivity contribution in [2.45, 2.75) is 38.3 Å². The van der Waals surface area contributed by atoms with Crippen LogP contribution < -0.4 is 5.32 Å². The van der Waals surface area contributed by atoms with Crippen molar-refractivity contribution in [1.82, 2.24) is 25.0 Å². The molecular formula is C24H29N5. The Hall–Kier alpha value is -2.50. The molecule has 1 fully saturated rings. The van der Waals surface area contributed by atoms with Gasteiger partial charge in [0.2, 0.25) is 0 Å². The molecule has 150 valence electrons. The van der Waals surface area contributed by atoms with Crippen molar-refractivity contribution in [3.63, 3.8) is 0 Å². The Morgan fingerprint density at radius 2 is 1.59 bits per heavy atom. The first-order valence-corrected chi connectivity index (χ1v) is 10.9. The molecule has 1 saturated heterocycles. The number of fused-ring (bicyclic) bond motifs is 1. The predicted octanol–water partition coefficient (Wildman–Crippen LogP) is 3.47. The Kier molecular flexibility index (Phi) is 5.41. The fourth-order valence-corrected chi connectivity index (χ4v) is 4.64. The summed E-state index contributed by atoms with van der Waals surface area (Å²) in [7, 11) is 0. The highest BCUT2D eigenvalue weighted by molar-refractivity contribution is 5.63. The van der Waals surface area contributed by atoms with E-state index >= 15 is 0 Å². The smallest absolute Gasteiger partial charge is 0.136 e. The minimum atomic E-state index is 0.547. The number of hydrogen-bond donors (Lipinski definition) is 1. The van der Waals surface area contributed by atoms with Crippen LogP contribution in [0.3, 0.4) is 0 Å². The second kappa shape index (κ2) is 8.47. The Morgan fingerprint density at radius 3 is 2.38 bits per heavy atom. The molecule has 1 aromatic heterocycles. The molecule has 0 atom stereocenters. The maximum Gasteiger partial charge on any atom is 0.136 e. The Bertz CT molecular complexity index is 924. The molecule has 0 spiro atoms. The molecule has 2 aliphatic heterocycles. The fraction of sp³-hybridized carbons (Fsp3) is 0.417. The summed E-state index contributed by atoms with van der Waals surface area (Å²) in [6.45, 7) is 6.34. The molecule has 29 heavy (non-hydrogen) atoms.